The summed E-state index contributed by atoms with van der Waals surface area (Å²) in [4.78, 5) is 39.6. The van der Waals surface area contributed by atoms with Gasteiger partial charge in [-0.15, -0.1) is 0 Å². The van der Waals surface area contributed by atoms with E-state index in [2.05, 4.69) is 5.32 Å². The maximum Gasteiger partial charge on any atom is 0.335 e. The minimum absolute atomic E-state index is 0.000868. The van der Waals surface area contributed by atoms with Crippen LogP contribution in [-0.4, -0.2) is 34.3 Å². The topological polar surface area (TPSA) is 86.7 Å². The van der Waals surface area contributed by atoms with Crippen molar-refractivity contribution in [3.8, 4) is 11.1 Å². The van der Waals surface area contributed by atoms with E-state index in [0.717, 1.165) is 34.2 Å². The van der Waals surface area contributed by atoms with Gasteiger partial charge in [-0.1, -0.05) is 66.7 Å². The molecule has 1 fully saturated rings. The Labute approximate surface area is 237 Å². The Morgan fingerprint density at radius 3 is 2.46 bits per heavy atom. The molecule has 0 spiro atoms. The predicted octanol–water partition coefficient (Wildman–Crippen LogP) is 5.81. The Morgan fingerprint density at radius 1 is 0.902 bits per heavy atom. The molecule has 2 N–H and O–H groups in total. The van der Waals surface area contributed by atoms with E-state index in [4.69, 9.17) is 0 Å². The second-order valence-electron chi connectivity index (χ2n) is 10.6. The molecule has 2 aliphatic rings. The average molecular weight is 549 g/mol. The number of carbonyl (C=O) groups excluding carboxylic acids is 2. The molecule has 6 nitrogen and oxygen atoms in total. The molecule has 1 heterocycles. The highest BCUT2D eigenvalue weighted by atomic mass is 19.1. The minimum atomic E-state index is -1.00. The van der Waals surface area contributed by atoms with Crippen molar-refractivity contribution in [3.63, 3.8) is 0 Å². The lowest BCUT2D eigenvalue weighted by atomic mass is 9.87. The zero-order valence-electron chi connectivity index (χ0n) is 22.3. The summed E-state index contributed by atoms with van der Waals surface area (Å²) in [6, 6.07) is 26.7. The number of halogens is 1. The Hall–Kier alpha value is -4.78. The third kappa shape index (κ3) is 5.35. The molecule has 0 aromatic heterocycles. The van der Waals surface area contributed by atoms with Crippen molar-refractivity contribution in [1.82, 2.24) is 10.2 Å². The number of carbonyl (C=O) groups is 3. The van der Waals surface area contributed by atoms with Crippen LogP contribution in [0.5, 0.6) is 0 Å². The van der Waals surface area contributed by atoms with Crippen LogP contribution in [0.25, 0.3) is 11.1 Å². The highest BCUT2D eigenvalue weighted by Gasteiger charge is 2.43. The normalized spacial score (nSPS) is 17.4. The van der Waals surface area contributed by atoms with Gasteiger partial charge >= 0.3 is 5.97 Å². The van der Waals surface area contributed by atoms with Gasteiger partial charge in [-0.05, 0) is 76.4 Å². The molecule has 41 heavy (non-hydrogen) atoms. The number of fused-ring (bicyclic) bond motifs is 1. The van der Waals surface area contributed by atoms with Crippen LogP contribution in [0.2, 0.25) is 0 Å². The van der Waals surface area contributed by atoms with Gasteiger partial charge in [0.25, 0.3) is 5.91 Å². The molecule has 0 bridgehead atoms. The highest BCUT2D eigenvalue weighted by molar-refractivity contribution is 5.95. The van der Waals surface area contributed by atoms with Gasteiger partial charge in [0, 0.05) is 25.6 Å². The number of amides is 2. The van der Waals surface area contributed by atoms with E-state index in [1.165, 1.54) is 17.7 Å². The first-order valence-corrected chi connectivity index (χ1v) is 13.7. The molecule has 2 unspecified atom stereocenters. The van der Waals surface area contributed by atoms with Crippen molar-refractivity contribution in [2.24, 2.45) is 5.92 Å². The van der Waals surface area contributed by atoms with E-state index in [1.54, 1.807) is 35.2 Å². The molecule has 4 aromatic rings. The second-order valence-corrected chi connectivity index (χ2v) is 10.6. The summed E-state index contributed by atoms with van der Waals surface area (Å²) < 4.78 is 14.5. The molecule has 2 amide bonds. The number of nitrogens with zero attached hydrogens (tertiary/aromatic N) is 1. The van der Waals surface area contributed by atoms with E-state index in [-0.39, 0.29) is 41.3 Å². The summed E-state index contributed by atoms with van der Waals surface area (Å²) in [7, 11) is 0. The maximum atomic E-state index is 14.5. The fourth-order valence-electron chi connectivity index (χ4n) is 5.84. The Morgan fingerprint density at radius 2 is 1.68 bits per heavy atom. The standard InChI is InChI=1S/C34H29FN2O4/c35-31-12-5-4-11-27(31)33(39)37-16-15-26-25(22-9-6-10-23(17-22)34(40)41)14-13-24(30(26)20-37)19-36-32(38)29-18-28(29)21-7-2-1-3-8-21/h1-14,17,28-29H,15-16,18-20H2,(H,36,38)(H,40,41). The SMILES string of the molecule is O=C(O)c1cccc(-c2ccc(CNC(=O)C3CC3c3ccccc3)c3c2CCN(C(=O)c2ccccc2F)C3)c1. The van der Waals surface area contributed by atoms with Gasteiger partial charge < -0.3 is 15.3 Å². The molecule has 0 radical (unpaired) electrons. The molecule has 2 atom stereocenters. The number of rotatable bonds is 7. The predicted molar refractivity (Wildman–Crippen MR) is 153 cm³/mol. The van der Waals surface area contributed by atoms with E-state index in [0.29, 0.717) is 19.5 Å². The van der Waals surface area contributed by atoms with Crippen LogP contribution < -0.4 is 5.32 Å². The van der Waals surface area contributed by atoms with Gasteiger partial charge in [0.05, 0.1) is 11.1 Å². The number of carboxylic acids is 1. The minimum Gasteiger partial charge on any atom is -0.478 e. The van der Waals surface area contributed by atoms with Gasteiger partial charge in [0.2, 0.25) is 5.91 Å². The van der Waals surface area contributed by atoms with Gasteiger partial charge in [-0.2, -0.15) is 0 Å². The Bertz CT molecular complexity index is 1650. The number of hydrogen-bond acceptors (Lipinski definition) is 3. The lowest BCUT2D eigenvalue weighted by Gasteiger charge is -2.32. The summed E-state index contributed by atoms with van der Waals surface area (Å²) in [5.74, 6) is -1.79. The molecular weight excluding hydrogens is 519 g/mol. The summed E-state index contributed by atoms with van der Waals surface area (Å²) in [5.41, 5.74) is 5.83. The molecule has 1 saturated carbocycles. The van der Waals surface area contributed by atoms with Crippen molar-refractivity contribution in [2.75, 3.05) is 6.54 Å². The summed E-state index contributed by atoms with van der Waals surface area (Å²) in [6.45, 7) is 0.953. The summed E-state index contributed by atoms with van der Waals surface area (Å²) in [5, 5.41) is 12.6. The maximum absolute atomic E-state index is 14.5. The molecule has 6 rings (SSSR count). The first kappa shape index (κ1) is 26.4. The van der Waals surface area contributed by atoms with Crippen LogP contribution >= 0.6 is 0 Å². The number of benzene rings is 4. The van der Waals surface area contributed by atoms with E-state index < -0.39 is 11.8 Å². The van der Waals surface area contributed by atoms with Crippen molar-refractivity contribution in [2.45, 2.75) is 31.8 Å². The van der Waals surface area contributed by atoms with E-state index >= 15 is 0 Å². The van der Waals surface area contributed by atoms with Gasteiger partial charge in [0.1, 0.15) is 5.82 Å². The third-order valence-electron chi connectivity index (χ3n) is 8.13. The number of hydrogen-bond donors (Lipinski definition) is 2. The first-order valence-electron chi connectivity index (χ1n) is 13.7. The third-order valence-corrected chi connectivity index (χ3v) is 8.13. The molecule has 4 aromatic carbocycles. The van der Waals surface area contributed by atoms with E-state index in [1.807, 2.05) is 48.5 Å². The Kier molecular flexibility index (Phi) is 7.10. The molecule has 206 valence electrons. The smallest absolute Gasteiger partial charge is 0.335 e. The second kappa shape index (κ2) is 11.0. The van der Waals surface area contributed by atoms with Crippen molar-refractivity contribution in [1.29, 1.82) is 0 Å². The van der Waals surface area contributed by atoms with Crippen molar-refractivity contribution < 1.29 is 23.9 Å². The zero-order chi connectivity index (χ0) is 28.5. The zero-order valence-corrected chi connectivity index (χ0v) is 22.3. The average Bonchev–Trinajstić information content (AvgIpc) is 3.81. The van der Waals surface area contributed by atoms with Crippen LogP contribution in [0.1, 0.15) is 55.3 Å². The monoisotopic (exact) mass is 548 g/mol. The molecule has 1 aliphatic heterocycles. The Balaban J connectivity index is 1.29. The molecule has 0 saturated heterocycles. The van der Waals surface area contributed by atoms with Crippen molar-refractivity contribution in [3.05, 3.63) is 130 Å². The van der Waals surface area contributed by atoms with Crippen molar-refractivity contribution >= 4 is 17.8 Å². The molecular formula is C34H29FN2O4. The number of nitrogens with one attached hydrogen (secondary N) is 1. The fourth-order valence-corrected chi connectivity index (χ4v) is 5.84. The lowest BCUT2D eigenvalue weighted by molar-refractivity contribution is -0.122. The van der Waals surface area contributed by atoms with E-state index in [9.17, 15) is 23.9 Å². The first-order chi connectivity index (χ1) is 19.9. The lowest BCUT2D eigenvalue weighted by Crippen LogP contribution is -2.37. The molecule has 1 aliphatic carbocycles. The summed E-state index contributed by atoms with van der Waals surface area (Å²) >= 11 is 0. The largest absolute Gasteiger partial charge is 0.478 e. The van der Waals surface area contributed by atoms with Gasteiger partial charge in [-0.3, -0.25) is 9.59 Å². The van der Waals surface area contributed by atoms with Crippen LogP contribution in [0, 0.1) is 11.7 Å². The molecule has 7 heteroatoms. The van der Waals surface area contributed by atoms with Crippen LogP contribution in [0.3, 0.4) is 0 Å². The number of carboxylic acid groups (broad SMARTS) is 1. The van der Waals surface area contributed by atoms with Crippen LogP contribution in [-0.2, 0) is 24.3 Å². The highest BCUT2D eigenvalue weighted by Crippen LogP contribution is 2.47. The fraction of sp³-hybridized carbons (Fsp3) is 0.206. The quantitative estimate of drug-likeness (QED) is 0.305. The van der Waals surface area contributed by atoms with Gasteiger partial charge in [-0.25, -0.2) is 9.18 Å². The van der Waals surface area contributed by atoms with Crippen LogP contribution in [0.15, 0.2) is 91.0 Å². The summed E-state index contributed by atoms with van der Waals surface area (Å²) in [6.07, 6.45) is 1.33. The van der Waals surface area contributed by atoms with Crippen LogP contribution in [0.4, 0.5) is 4.39 Å². The number of aromatic carboxylic acids is 1. The van der Waals surface area contributed by atoms with Gasteiger partial charge in [0.15, 0.2) is 0 Å².